The highest BCUT2D eigenvalue weighted by Crippen LogP contribution is 2.10. The van der Waals surface area contributed by atoms with E-state index in [-0.39, 0.29) is 6.42 Å². The van der Waals surface area contributed by atoms with Crippen LogP contribution >= 0.6 is 0 Å². The molecule has 0 saturated carbocycles. The van der Waals surface area contributed by atoms with Gasteiger partial charge in [0.25, 0.3) is 0 Å². The third kappa shape index (κ3) is 3.28. The molecule has 0 aromatic heterocycles. The first-order chi connectivity index (χ1) is 7.17. The van der Waals surface area contributed by atoms with Crippen LogP contribution in [-0.2, 0) is 6.42 Å². The van der Waals surface area contributed by atoms with Crippen LogP contribution in [0.5, 0.6) is 0 Å². The quantitative estimate of drug-likeness (QED) is 0.345. The Morgan fingerprint density at radius 3 is 2.73 bits per heavy atom. The summed E-state index contributed by atoms with van der Waals surface area (Å²) in [4.78, 5) is 4.02. The number of rotatable bonds is 3. The lowest BCUT2D eigenvalue weighted by Crippen LogP contribution is -2.32. The zero-order chi connectivity index (χ0) is 11.3. The second kappa shape index (κ2) is 5.41. The van der Waals surface area contributed by atoms with Gasteiger partial charge in [-0.25, -0.2) is 14.6 Å². The van der Waals surface area contributed by atoms with Crippen LogP contribution in [0.25, 0.3) is 0 Å². The Morgan fingerprint density at radius 2 is 2.20 bits per heavy atom. The van der Waals surface area contributed by atoms with Crippen molar-refractivity contribution in [2.75, 3.05) is 6.54 Å². The molecule has 15 heavy (non-hydrogen) atoms. The smallest absolute Gasteiger partial charge is 0.129 e. The molecule has 0 fully saturated rings. The standard InChI is InChI=1S/C10H13F2N3/c1-2-14-10(15-13)5-7-3-4-8(11)6-9(7)12/h3-4,6H,2,5,13H2,1H3,(H,14,15). The Balaban J connectivity index is 2.84. The third-order valence-corrected chi connectivity index (χ3v) is 1.89. The second-order valence-electron chi connectivity index (χ2n) is 2.98. The predicted molar refractivity (Wildman–Crippen MR) is 55.4 cm³/mol. The molecule has 1 rings (SSSR count). The summed E-state index contributed by atoms with van der Waals surface area (Å²) in [6, 6.07) is 3.43. The van der Waals surface area contributed by atoms with Crippen molar-refractivity contribution < 1.29 is 8.78 Å². The van der Waals surface area contributed by atoms with Gasteiger partial charge in [0.2, 0.25) is 0 Å². The first-order valence-corrected chi connectivity index (χ1v) is 4.61. The molecule has 0 amide bonds. The fraction of sp³-hybridized carbons (Fsp3) is 0.300. The highest BCUT2D eigenvalue weighted by atomic mass is 19.1. The first-order valence-electron chi connectivity index (χ1n) is 4.61. The fourth-order valence-electron chi connectivity index (χ4n) is 1.19. The lowest BCUT2D eigenvalue weighted by atomic mass is 10.1. The molecule has 0 bridgehead atoms. The lowest BCUT2D eigenvalue weighted by Gasteiger charge is -2.06. The normalized spacial score (nSPS) is 11.6. The van der Waals surface area contributed by atoms with Crippen molar-refractivity contribution in [3.8, 4) is 0 Å². The zero-order valence-electron chi connectivity index (χ0n) is 8.43. The van der Waals surface area contributed by atoms with Gasteiger partial charge < -0.3 is 5.43 Å². The molecule has 0 aliphatic carbocycles. The molecule has 0 unspecified atom stereocenters. The number of aliphatic imine (C=N–C) groups is 1. The van der Waals surface area contributed by atoms with E-state index in [1.54, 1.807) is 0 Å². The van der Waals surface area contributed by atoms with E-state index in [0.29, 0.717) is 17.9 Å². The van der Waals surface area contributed by atoms with Gasteiger partial charge in [-0.1, -0.05) is 6.07 Å². The van der Waals surface area contributed by atoms with Crippen molar-refractivity contribution in [3.63, 3.8) is 0 Å². The van der Waals surface area contributed by atoms with Gasteiger partial charge in [-0.3, -0.25) is 4.99 Å². The second-order valence-corrected chi connectivity index (χ2v) is 2.98. The number of hydrogen-bond donors (Lipinski definition) is 2. The van der Waals surface area contributed by atoms with Crippen LogP contribution in [0.1, 0.15) is 12.5 Å². The summed E-state index contributed by atoms with van der Waals surface area (Å²) < 4.78 is 25.8. The Kier molecular flexibility index (Phi) is 4.17. The van der Waals surface area contributed by atoms with Crippen LogP contribution in [0.2, 0.25) is 0 Å². The van der Waals surface area contributed by atoms with Crippen molar-refractivity contribution in [1.29, 1.82) is 0 Å². The summed E-state index contributed by atoms with van der Waals surface area (Å²) in [5, 5.41) is 0. The van der Waals surface area contributed by atoms with E-state index in [4.69, 9.17) is 5.84 Å². The summed E-state index contributed by atoms with van der Waals surface area (Å²) in [6.07, 6.45) is 0.233. The maximum atomic E-state index is 13.2. The van der Waals surface area contributed by atoms with Crippen LogP contribution < -0.4 is 11.3 Å². The van der Waals surface area contributed by atoms with Crippen molar-refractivity contribution in [2.45, 2.75) is 13.3 Å². The summed E-state index contributed by atoms with van der Waals surface area (Å²) in [6.45, 7) is 2.40. The van der Waals surface area contributed by atoms with Crippen molar-refractivity contribution >= 4 is 5.84 Å². The van der Waals surface area contributed by atoms with E-state index in [0.717, 1.165) is 6.07 Å². The number of hydrazine groups is 1. The number of nitrogens with one attached hydrogen (secondary N) is 1. The molecule has 82 valence electrons. The van der Waals surface area contributed by atoms with Gasteiger partial charge >= 0.3 is 0 Å². The monoisotopic (exact) mass is 213 g/mol. The molecule has 3 N–H and O–H groups in total. The molecule has 1 aromatic carbocycles. The fourth-order valence-corrected chi connectivity index (χ4v) is 1.19. The Labute approximate surface area is 87.0 Å². The van der Waals surface area contributed by atoms with Gasteiger partial charge in [0.15, 0.2) is 0 Å². The lowest BCUT2D eigenvalue weighted by molar-refractivity contribution is 0.575. The molecule has 0 spiro atoms. The molecular weight excluding hydrogens is 200 g/mol. The van der Waals surface area contributed by atoms with Crippen molar-refractivity contribution in [2.24, 2.45) is 10.8 Å². The average molecular weight is 213 g/mol. The summed E-state index contributed by atoms with van der Waals surface area (Å²) in [5.41, 5.74) is 2.75. The Bertz CT molecular complexity index is 364. The molecule has 0 radical (unpaired) electrons. The van der Waals surface area contributed by atoms with E-state index in [2.05, 4.69) is 10.4 Å². The molecule has 0 heterocycles. The molecule has 0 saturated heterocycles. The van der Waals surface area contributed by atoms with E-state index < -0.39 is 11.6 Å². The highest BCUT2D eigenvalue weighted by Gasteiger charge is 2.06. The van der Waals surface area contributed by atoms with Crippen molar-refractivity contribution in [1.82, 2.24) is 5.43 Å². The van der Waals surface area contributed by atoms with E-state index >= 15 is 0 Å². The van der Waals surface area contributed by atoms with Crippen LogP contribution in [0.15, 0.2) is 23.2 Å². The first kappa shape index (κ1) is 11.6. The van der Waals surface area contributed by atoms with E-state index in [1.165, 1.54) is 12.1 Å². The molecule has 1 aromatic rings. The minimum Gasteiger partial charge on any atom is -0.312 e. The van der Waals surface area contributed by atoms with Crippen LogP contribution in [-0.4, -0.2) is 12.4 Å². The van der Waals surface area contributed by atoms with Crippen molar-refractivity contribution in [3.05, 3.63) is 35.4 Å². The number of nitrogens with two attached hydrogens (primary N) is 1. The number of nitrogens with zero attached hydrogens (tertiary/aromatic N) is 1. The van der Waals surface area contributed by atoms with Gasteiger partial charge in [0.05, 0.1) is 0 Å². The van der Waals surface area contributed by atoms with Gasteiger partial charge in [-0.2, -0.15) is 0 Å². The van der Waals surface area contributed by atoms with Gasteiger partial charge in [0.1, 0.15) is 17.5 Å². The van der Waals surface area contributed by atoms with Crippen LogP contribution in [0, 0.1) is 11.6 Å². The summed E-state index contributed by atoms with van der Waals surface area (Å²) in [7, 11) is 0. The Morgan fingerprint density at radius 1 is 1.47 bits per heavy atom. The predicted octanol–water partition coefficient (Wildman–Crippen LogP) is 1.39. The SMILES string of the molecule is CCN=C(Cc1ccc(F)cc1F)NN. The van der Waals surface area contributed by atoms with E-state index in [1.807, 2.05) is 6.92 Å². The highest BCUT2D eigenvalue weighted by molar-refractivity contribution is 5.83. The number of halogens is 2. The van der Waals surface area contributed by atoms with E-state index in [9.17, 15) is 8.78 Å². The third-order valence-electron chi connectivity index (χ3n) is 1.89. The molecule has 3 nitrogen and oxygen atoms in total. The number of amidine groups is 1. The van der Waals surface area contributed by atoms with Crippen LogP contribution in [0.3, 0.4) is 0 Å². The molecular formula is C10H13F2N3. The minimum absolute atomic E-state index is 0.233. The van der Waals surface area contributed by atoms with Crippen LogP contribution in [0.4, 0.5) is 8.78 Å². The summed E-state index contributed by atoms with van der Waals surface area (Å²) in [5.74, 6) is 4.50. The molecule has 0 aliphatic heterocycles. The minimum atomic E-state index is -0.592. The Hall–Kier alpha value is -1.49. The number of hydrogen-bond acceptors (Lipinski definition) is 2. The maximum Gasteiger partial charge on any atom is 0.129 e. The largest absolute Gasteiger partial charge is 0.312 e. The molecule has 0 aliphatic rings. The van der Waals surface area contributed by atoms with Gasteiger partial charge in [-0.05, 0) is 18.6 Å². The molecule has 5 heteroatoms. The van der Waals surface area contributed by atoms with Gasteiger partial charge in [-0.15, -0.1) is 0 Å². The molecule has 0 atom stereocenters. The zero-order valence-corrected chi connectivity index (χ0v) is 8.43. The number of benzene rings is 1. The average Bonchev–Trinajstić information content (AvgIpc) is 2.21. The topological polar surface area (TPSA) is 50.4 Å². The van der Waals surface area contributed by atoms with Gasteiger partial charge in [0, 0.05) is 19.0 Å². The maximum absolute atomic E-state index is 13.2. The summed E-state index contributed by atoms with van der Waals surface area (Å²) >= 11 is 0.